The van der Waals surface area contributed by atoms with Gasteiger partial charge in [0.05, 0.1) is 4.90 Å². The molecule has 116 valence electrons. The summed E-state index contributed by atoms with van der Waals surface area (Å²) in [5.74, 6) is 0. The molecule has 1 aliphatic carbocycles. The van der Waals surface area contributed by atoms with Gasteiger partial charge in [0, 0.05) is 18.8 Å². The highest BCUT2D eigenvalue weighted by molar-refractivity contribution is 7.90. The van der Waals surface area contributed by atoms with E-state index in [0.717, 1.165) is 5.56 Å². The highest BCUT2D eigenvalue weighted by atomic mass is 32.2. The van der Waals surface area contributed by atoms with Crippen molar-refractivity contribution >= 4 is 27.2 Å². The minimum absolute atomic E-state index is 0.342. The summed E-state index contributed by atoms with van der Waals surface area (Å²) in [5.41, 5.74) is 1.01. The zero-order valence-electron chi connectivity index (χ0n) is 12.3. The first-order chi connectivity index (χ1) is 9.95. The summed E-state index contributed by atoms with van der Waals surface area (Å²) in [6.07, 6.45) is 7.45. The SMILES string of the molecule is CS(=O)(=O)c1ccc(CNC(=S)NC2CCCCC2)cc1. The molecule has 1 aromatic carbocycles. The smallest absolute Gasteiger partial charge is 0.175 e. The van der Waals surface area contributed by atoms with Crippen molar-refractivity contribution in [3.63, 3.8) is 0 Å². The maximum absolute atomic E-state index is 11.4. The molecule has 1 saturated carbocycles. The van der Waals surface area contributed by atoms with Crippen LogP contribution in [0.25, 0.3) is 0 Å². The first-order valence-corrected chi connectivity index (χ1v) is 9.58. The van der Waals surface area contributed by atoms with Crippen LogP contribution in [0.3, 0.4) is 0 Å². The molecule has 4 nitrogen and oxygen atoms in total. The van der Waals surface area contributed by atoms with E-state index in [1.165, 1.54) is 38.4 Å². The molecular weight excluding hydrogens is 304 g/mol. The lowest BCUT2D eigenvalue weighted by Gasteiger charge is -2.24. The Balaban J connectivity index is 1.81. The van der Waals surface area contributed by atoms with Crippen LogP contribution in [-0.4, -0.2) is 25.8 Å². The summed E-state index contributed by atoms with van der Waals surface area (Å²) < 4.78 is 22.8. The number of sulfone groups is 1. The van der Waals surface area contributed by atoms with Crippen LogP contribution in [0, 0.1) is 0 Å². The molecule has 0 saturated heterocycles. The van der Waals surface area contributed by atoms with Gasteiger partial charge in [0.1, 0.15) is 0 Å². The summed E-state index contributed by atoms with van der Waals surface area (Å²) >= 11 is 5.30. The first-order valence-electron chi connectivity index (χ1n) is 7.28. The minimum atomic E-state index is -3.13. The lowest BCUT2D eigenvalue weighted by Crippen LogP contribution is -2.42. The summed E-state index contributed by atoms with van der Waals surface area (Å²) in [6.45, 7) is 0.600. The van der Waals surface area contributed by atoms with Gasteiger partial charge in [0.15, 0.2) is 14.9 Å². The van der Waals surface area contributed by atoms with Crippen LogP contribution >= 0.6 is 12.2 Å². The van der Waals surface area contributed by atoms with Gasteiger partial charge in [0.2, 0.25) is 0 Å². The summed E-state index contributed by atoms with van der Waals surface area (Å²) in [6, 6.07) is 7.37. The maximum Gasteiger partial charge on any atom is 0.175 e. The Bertz CT molecular complexity index is 576. The molecule has 1 aromatic rings. The number of hydrogen-bond acceptors (Lipinski definition) is 3. The van der Waals surface area contributed by atoms with Gasteiger partial charge in [-0.2, -0.15) is 0 Å². The fourth-order valence-electron chi connectivity index (χ4n) is 2.52. The van der Waals surface area contributed by atoms with E-state index in [9.17, 15) is 8.42 Å². The van der Waals surface area contributed by atoms with Crippen LogP contribution in [-0.2, 0) is 16.4 Å². The van der Waals surface area contributed by atoms with Crippen molar-refractivity contribution in [3.8, 4) is 0 Å². The zero-order chi connectivity index (χ0) is 15.3. The molecule has 0 aromatic heterocycles. The van der Waals surface area contributed by atoms with E-state index in [-0.39, 0.29) is 0 Å². The highest BCUT2D eigenvalue weighted by Crippen LogP contribution is 2.17. The Kier molecular flexibility index (Phi) is 5.58. The number of thiocarbonyl (C=S) groups is 1. The van der Waals surface area contributed by atoms with Crippen molar-refractivity contribution in [2.45, 2.75) is 49.6 Å². The van der Waals surface area contributed by atoms with Gasteiger partial charge in [-0.05, 0) is 42.8 Å². The summed E-state index contributed by atoms with van der Waals surface area (Å²) in [5, 5.41) is 7.20. The molecule has 0 atom stereocenters. The fourth-order valence-corrected chi connectivity index (χ4v) is 3.39. The normalized spacial score (nSPS) is 16.4. The molecule has 6 heteroatoms. The molecule has 0 unspecified atom stereocenters. The molecule has 2 N–H and O–H groups in total. The van der Waals surface area contributed by atoms with E-state index >= 15 is 0 Å². The van der Waals surface area contributed by atoms with Crippen LogP contribution in [0.1, 0.15) is 37.7 Å². The monoisotopic (exact) mass is 326 g/mol. The van der Waals surface area contributed by atoms with Gasteiger partial charge in [-0.25, -0.2) is 8.42 Å². The predicted octanol–water partition coefficient (Wildman–Crippen LogP) is 2.39. The number of hydrogen-bond donors (Lipinski definition) is 2. The van der Waals surface area contributed by atoms with E-state index in [1.807, 2.05) is 12.1 Å². The third kappa shape index (κ3) is 5.28. The second-order valence-corrected chi connectivity index (χ2v) is 8.00. The minimum Gasteiger partial charge on any atom is -0.360 e. The molecule has 0 heterocycles. The molecule has 2 rings (SSSR count). The third-order valence-corrected chi connectivity index (χ3v) is 5.14. The molecule has 0 bridgehead atoms. The van der Waals surface area contributed by atoms with Crippen molar-refractivity contribution < 1.29 is 8.42 Å². The number of rotatable bonds is 4. The van der Waals surface area contributed by atoms with Gasteiger partial charge in [-0.1, -0.05) is 31.4 Å². The molecule has 1 aliphatic rings. The fraction of sp³-hybridized carbons (Fsp3) is 0.533. The quantitative estimate of drug-likeness (QED) is 0.832. The van der Waals surface area contributed by atoms with E-state index in [0.29, 0.717) is 22.6 Å². The third-order valence-electron chi connectivity index (χ3n) is 3.74. The predicted molar refractivity (Wildman–Crippen MR) is 89.0 cm³/mol. The maximum atomic E-state index is 11.4. The highest BCUT2D eigenvalue weighted by Gasteiger charge is 2.13. The molecule has 0 aliphatic heterocycles. The summed E-state index contributed by atoms with van der Waals surface area (Å²) in [7, 11) is -3.13. The van der Waals surface area contributed by atoms with Crippen LogP contribution in [0.15, 0.2) is 29.2 Å². The van der Waals surface area contributed by atoms with Crippen LogP contribution in [0.2, 0.25) is 0 Å². The molecule has 0 spiro atoms. The van der Waals surface area contributed by atoms with Gasteiger partial charge >= 0.3 is 0 Å². The Hall–Kier alpha value is -1.14. The number of nitrogens with one attached hydrogen (secondary N) is 2. The van der Waals surface area contributed by atoms with Crippen molar-refractivity contribution in [2.24, 2.45) is 0 Å². The topological polar surface area (TPSA) is 58.2 Å². The summed E-state index contributed by atoms with van der Waals surface area (Å²) in [4.78, 5) is 0.342. The van der Waals surface area contributed by atoms with E-state index < -0.39 is 9.84 Å². The lowest BCUT2D eigenvalue weighted by molar-refractivity contribution is 0.412. The Morgan fingerprint density at radius 3 is 2.38 bits per heavy atom. The van der Waals surface area contributed by atoms with Gasteiger partial charge < -0.3 is 10.6 Å². The van der Waals surface area contributed by atoms with Gasteiger partial charge in [-0.3, -0.25) is 0 Å². The van der Waals surface area contributed by atoms with Crippen LogP contribution < -0.4 is 10.6 Å². The average Bonchev–Trinajstić information content (AvgIpc) is 2.46. The van der Waals surface area contributed by atoms with E-state index in [4.69, 9.17) is 12.2 Å². The van der Waals surface area contributed by atoms with E-state index in [1.54, 1.807) is 12.1 Å². The van der Waals surface area contributed by atoms with Gasteiger partial charge in [0.25, 0.3) is 0 Å². The standard InChI is InChI=1S/C15H22N2O2S2/c1-21(18,19)14-9-7-12(8-10-14)11-16-15(20)17-13-5-3-2-4-6-13/h7-10,13H,2-6,11H2,1H3,(H2,16,17,20). The Labute approximate surface area is 132 Å². The lowest BCUT2D eigenvalue weighted by atomic mass is 9.96. The number of benzene rings is 1. The van der Waals surface area contributed by atoms with Crippen LogP contribution in [0.4, 0.5) is 0 Å². The second-order valence-electron chi connectivity index (χ2n) is 5.58. The van der Waals surface area contributed by atoms with Crippen molar-refractivity contribution in [1.29, 1.82) is 0 Å². The molecule has 0 amide bonds. The zero-order valence-corrected chi connectivity index (χ0v) is 13.9. The largest absolute Gasteiger partial charge is 0.360 e. The molecular formula is C15H22N2O2S2. The molecule has 1 fully saturated rings. The second kappa shape index (κ2) is 7.22. The van der Waals surface area contributed by atoms with Crippen molar-refractivity contribution in [3.05, 3.63) is 29.8 Å². The average molecular weight is 326 g/mol. The Morgan fingerprint density at radius 1 is 1.19 bits per heavy atom. The van der Waals surface area contributed by atoms with Crippen LogP contribution in [0.5, 0.6) is 0 Å². The van der Waals surface area contributed by atoms with Crippen molar-refractivity contribution in [1.82, 2.24) is 10.6 Å². The van der Waals surface area contributed by atoms with Crippen molar-refractivity contribution in [2.75, 3.05) is 6.26 Å². The molecule has 0 radical (unpaired) electrons. The Morgan fingerprint density at radius 2 is 1.81 bits per heavy atom. The van der Waals surface area contributed by atoms with Gasteiger partial charge in [-0.15, -0.1) is 0 Å². The first kappa shape index (κ1) is 16.2. The molecule has 21 heavy (non-hydrogen) atoms. The van der Waals surface area contributed by atoms with E-state index in [2.05, 4.69) is 10.6 Å².